The molecule has 0 bridgehead atoms. The highest BCUT2D eigenvalue weighted by Gasteiger charge is 2.12. The van der Waals surface area contributed by atoms with Crippen LogP contribution >= 0.6 is 0 Å². The molecular formula is C19H15N3. The summed E-state index contributed by atoms with van der Waals surface area (Å²) in [6, 6.07) is 20.6. The second kappa shape index (κ2) is 5.45. The number of rotatable bonds is 3. The van der Waals surface area contributed by atoms with Gasteiger partial charge in [-0.2, -0.15) is 0 Å². The van der Waals surface area contributed by atoms with Gasteiger partial charge in [-0.05, 0) is 29.8 Å². The third-order valence-corrected chi connectivity index (χ3v) is 3.76. The van der Waals surface area contributed by atoms with E-state index in [1.54, 1.807) is 6.20 Å². The summed E-state index contributed by atoms with van der Waals surface area (Å²) in [6.07, 6.45) is 6.52. The molecule has 3 heterocycles. The molecule has 3 nitrogen and oxygen atoms in total. The van der Waals surface area contributed by atoms with E-state index in [9.17, 15) is 0 Å². The van der Waals surface area contributed by atoms with Crippen molar-refractivity contribution in [2.24, 2.45) is 0 Å². The molecule has 1 aromatic carbocycles. The van der Waals surface area contributed by atoms with Crippen LogP contribution in [-0.2, 0) is 6.42 Å². The fraction of sp³-hybridized carbons (Fsp3) is 0.0526. The lowest BCUT2D eigenvalue weighted by molar-refractivity contribution is 1.11. The van der Waals surface area contributed by atoms with Crippen LogP contribution in [0.3, 0.4) is 0 Å². The summed E-state index contributed by atoms with van der Waals surface area (Å²) in [5.74, 6) is 0.939. The summed E-state index contributed by atoms with van der Waals surface area (Å²) in [5.41, 5.74) is 4.53. The molecule has 106 valence electrons. The summed E-state index contributed by atoms with van der Waals surface area (Å²) in [4.78, 5) is 9.09. The molecule has 0 N–H and O–H groups in total. The average Bonchev–Trinajstić information content (AvgIpc) is 2.96. The third-order valence-electron chi connectivity index (χ3n) is 3.76. The van der Waals surface area contributed by atoms with Gasteiger partial charge in [-0.1, -0.05) is 36.4 Å². The van der Waals surface area contributed by atoms with E-state index in [1.165, 1.54) is 5.56 Å². The first-order valence-electron chi connectivity index (χ1n) is 7.32. The van der Waals surface area contributed by atoms with Crippen LogP contribution in [0, 0.1) is 0 Å². The molecule has 4 aromatic rings. The van der Waals surface area contributed by atoms with Gasteiger partial charge in [0.25, 0.3) is 0 Å². The fourth-order valence-corrected chi connectivity index (χ4v) is 2.72. The largest absolute Gasteiger partial charge is 0.299 e. The number of nitrogens with zero attached hydrogens (tertiary/aromatic N) is 3. The SMILES string of the molecule is c1ccc(Cc2nc(-c3cccnc3)n3ccccc23)cc1. The first-order chi connectivity index (χ1) is 10.9. The lowest BCUT2D eigenvalue weighted by Gasteiger charge is -2.00. The van der Waals surface area contributed by atoms with E-state index < -0.39 is 0 Å². The molecule has 0 saturated carbocycles. The lowest BCUT2D eigenvalue weighted by Crippen LogP contribution is -1.89. The topological polar surface area (TPSA) is 30.2 Å². The van der Waals surface area contributed by atoms with Crippen LogP contribution in [0.4, 0.5) is 0 Å². The molecule has 0 aliphatic heterocycles. The Morgan fingerprint density at radius 2 is 1.73 bits per heavy atom. The maximum absolute atomic E-state index is 4.88. The van der Waals surface area contributed by atoms with Crippen molar-refractivity contribution in [1.82, 2.24) is 14.4 Å². The first kappa shape index (κ1) is 12.8. The summed E-state index contributed by atoms with van der Waals surface area (Å²) < 4.78 is 2.13. The van der Waals surface area contributed by atoms with Gasteiger partial charge < -0.3 is 0 Å². The van der Waals surface area contributed by atoms with E-state index in [0.717, 1.165) is 29.0 Å². The Morgan fingerprint density at radius 1 is 0.864 bits per heavy atom. The van der Waals surface area contributed by atoms with Crippen molar-refractivity contribution in [3.05, 3.63) is 90.5 Å². The highest BCUT2D eigenvalue weighted by Crippen LogP contribution is 2.23. The lowest BCUT2D eigenvalue weighted by atomic mass is 10.1. The van der Waals surface area contributed by atoms with Gasteiger partial charge in [0.05, 0.1) is 11.2 Å². The highest BCUT2D eigenvalue weighted by molar-refractivity contribution is 5.65. The Balaban J connectivity index is 1.86. The van der Waals surface area contributed by atoms with Crippen LogP contribution < -0.4 is 0 Å². The summed E-state index contributed by atoms with van der Waals surface area (Å²) in [5, 5.41) is 0. The van der Waals surface area contributed by atoms with Gasteiger partial charge in [0.2, 0.25) is 0 Å². The molecule has 0 fully saturated rings. The van der Waals surface area contributed by atoms with Crippen molar-refractivity contribution in [3.63, 3.8) is 0 Å². The van der Waals surface area contributed by atoms with Crippen molar-refractivity contribution in [2.45, 2.75) is 6.42 Å². The van der Waals surface area contributed by atoms with E-state index in [0.29, 0.717) is 0 Å². The molecule has 3 heteroatoms. The Hall–Kier alpha value is -2.94. The smallest absolute Gasteiger partial charge is 0.146 e. The molecule has 0 radical (unpaired) electrons. The number of fused-ring (bicyclic) bond motifs is 1. The summed E-state index contributed by atoms with van der Waals surface area (Å²) in [7, 11) is 0. The Bertz CT molecular complexity index is 896. The van der Waals surface area contributed by atoms with Crippen LogP contribution in [-0.4, -0.2) is 14.4 Å². The van der Waals surface area contributed by atoms with E-state index in [1.807, 2.05) is 30.5 Å². The normalized spacial score (nSPS) is 10.9. The maximum Gasteiger partial charge on any atom is 0.146 e. The molecule has 0 atom stereocenters. The highest BCUT2D eigenvalue weighted by atomic mass is 15.0. The minimum absolute atomic E-state index is 0.828. The standard InChI is InChI=1S/C19H15N3/c1-2-7-15(8-3-1)13-17-18-10-4-5-12-22(18)19(21-17)16-9-6-11-20-14-16/h1-12,14H,13H2. The molecular weight excluding hydrogens is 270 g/mol. The van der Waals surface area contributed by atoms with E-state index in [4.69, 9.17) is 4.98 Å². The molecule has 0 aliphatic rings. The second-order valence-corrected chi connectivity index (χ2v) is 5.24. The zero-order valence-electron chi connectivity index (χ0n) is 12.1. The zero-order chi connectivity index (χ0) is 14.8. The number of hydrogen-bond donors (Lipinski definition) is 0. The maximum atomic E-state index is 4.88. The van der Waals surface area contributed by atoms with Gasteiger partial charge in [-0.3, -0.25) is 9.38 Å². The van der Waals surface area contributed by atoms with Crippen molar-refractivity contribution in [2.75, 3.05) is 0 Å². The monoisotopic (exact) mass is 285 g/mol. The Labute approximate surface area is 128 Å². The van der Waals surface area contributed by atoms with Crippen molar-refractivity contribution >= 4 is 5.52 Å². The number of hydrogen-bond acceptors (Lipinski definition) is 2. The van der Waals surface area contributed by atoms with Crippen LogP contribution in [0.15, 0.2) is 79.3 Å². The fourth-order valence-electron chi connectivity index (χ4n) is 2.72. The first-order valence-corrected chi connectivity index (χ1v) is 7.32. The second-order valence-electron chi connectivity index (χ2n) is 5.24. The van der Waals surface area contributed by atoms with Crippen LogP contribution in [0.25, 0.3) is 16.9 Å². The van der Waals surface area contributed by atoms with Crippen molar-refractivity contribution < 1.29 is 0 Å². The summed E-state index contributed by atoms with van der Waals surface area (Å²) in [6.45, 7) is 0. The minimum Gasteiger partial charge on any atom is -0.299 e. The number of benzene rings is 1. The predicted octanol–water partition coefficient (Wildman–Crippen LogP) is 3.99. The molecule has 0 amide bonds. The predicted molar refractivity (Wildman–Crippen MR) is 87.7 cm³/mol. The van der Waals surface area contributed by atoms with E-state index in [2.05, 4.69) is 52.0 Å². The Morgan fingerprint density at radius 3 is 2.55 bits per heavy atom. The van der Waals surface area contributed by atoms with E-state index >= 15 is 0 Å². The van der Waals surface area contributed by atoms with Gasteiger partial charge >= 0.3 is 0 Å². The minimum atomic E-state index is 0.828. The van der Waals surface area contributed by atoms with Gasteiger partial charge in [-0.25, -0.2) is 4.98 Å². The average molecular weight is 285 g/mol. The van der Waals surface area contributed by atoms with Gasteiger partial charge in [0.1, 0.15) is 5.82 Å². The Kier molecular flexibility index (Phi) is 3.16. The van der Waals surface area contributed by atoms with Gasteiger partial charge in [-0.15, -0.1) is 0 Å². The van der Waals surface area contributed by atoms with Crippen molar-refractivity contribution in [3.8, 4) is 11.4 Å². The molecule has 22 heavy (non-hydrogen) atoms. The molecule has 4 rings (SSSR count). The quantitative estimate of drug-likeness (QED) is 0.570. The van der Waals surface area contributed by atoms with Crippen LogP contribution in [0.1, 0.15) is 11.3 Å². The van der Waals surface area contributed by atoms with Gasteiger partial charge in [0.15, 0.2) is 0 Å². The van der Waals surface area contributed by atoms with Crippen molar-refractivity contribution in [1.29, 1.82) is 0 Å². The number of pyridine rings is 2. The molecule has 0 aliphatic carbocycles. The van der Waals surface area contributed by atoms with E-state index in [-0.39, 0.29) is 0 Å². The summed E-state index contributed by atoms with van der Waals surface area (Å²) >= 11 is 0. The molecule has 3 aromatic heterocycles. The number of imidazole rings is 1. The molecule has 0 spiro atoms. The zero-order valence-corrected chi connectivity index (χ0v) is 12.1. The van der Waals surface area contributed by atoms with Crippen LogP contribution in [0.2, 0.25) is 0 Å². The molecule has 0 saturated heterocycles. The number of aromatic nitrogens is 3. The molecule has 0 unspecified atom stereocenters. The van der Waals surface area contributed by atoms with Crippen LogP contribution in [0.5, 0.6) is 0 Å². The third kappa shape index (κ3) is 2.27. The van der Waals surface area contributed by atoms with Gasteiger partial charge in [0, 0.05) is 30.6 Å².